The van der Waals surface area contributed by atoms with Gasteiger partial charge in [0.2, 0.25) is 0 Å². The lowest BCUT2D eigenvalue weighted by Crippen LogP contribution is -2.38. The fraction of sp³-hybridized carbons (Fsp3) is 0.409. The third kappa shape index (κ3) is 4.16. The Morgan fingerprint density at radius 3 is 3.11 bits per heavy atom. The van der Waals surface area contributed by atoms with E-state index in [-0.39, 0.29) is 42.5 Å². The van der Waals surface area contributed by atoms with E-state index < -0.39 is 56.3 Å². The first-order valence-electron chi connectivity index (χ1n) is 15.3. The number of anilines is 1. The van der Waals surface area contributed by atoms with Crippen molar-refractivity contribution in [1.82, 2.24) is 14.9 Å². The van der Waals surface area contributed by atoms with Gasteiger partial charge < -0.3 is 5.31 Å². The zero-order valence-electron chi connectivity index (χ0n) is 29.0. The maximum absolute atomic E-state index is 9.23. The Hall–Kier alpha value is -2.49. The van der Waals surface area contributed by atoms with Crippen molar-refractivity contribution in [1.29, 1.82) is 5.26 Å². The van der Waals surface area contributed by atoms with Gasteiger partial charge in [-0.05, 0) is 42.4 Å². The third-order valence-corrected chi connectivity index (χ3v) is 4.94. The van der Waals surface area contributed by atoms with Gasteiger partial charge in [-0.2, -0.15) is 5.26 Å². The number of hydrogen-bond donors (Lipinski definition) is 1. The number of nitrogens with one attached hydrogen (secondary N) is 1. The summed E-state index contributed by atoms with van der Waals surface area (Å²) in [6, 6.07) is 2.80. The average molecular weight is 406 g/mol. The van der Waals surface area contributed by atoms with Gasteiger partial charge >= 0.3 is 0 Å². The summed E-state index contributed by atoms with van der Waals surface area (Å²) in [5.74, 6) is -2.17. The van der Waals surface area contributed by atoms with E-state index in [0.717, 1.165) is 17.4 Å². The highest BCUT2D eigenvalue weighted by Gasteiger charge is 2.21. The van der Waals surface area contributed by atoms with Gasteiger partial charge in [-0.1, -0.05) is 26.0 Å². The molecule has 0 radical (unpaired) electrons. The van der Waals surface area contributed by atoms with Crippen LogP contribution in [-0.2, 0) is 6.52 Å². The average Bonchev–Trinajstić information content (AvgIpc) is 3.22. The Balaban J connectivity index is 1.98. The molecule has 1 aliphatic heterocycles. The maximum Gasteiger partial charge on any atom is 0.162 e. The first-order valence-corrected chi connectivity index (χ1v) is 9.11. The summed E-state index contributed by atoms with van der Waals surface area (Å²) in [7, 11) is 0. The van der Waals surface area contributed by atoms with Crippen LogP contribution in [0.2, 0.25) is 1.41 Å². The van der Waals surface area contributed by atoms with Gasteiger partial charge in [-0.3, -0.25) is 4.90 Å². The molecule has 28 heavy (non-hydrogen) atoms. The molecule has 1 saturated heterocycles. The minimum Gasteiger partial charge on any atom is -0.367 e. The number of nitrogens with zero attached hydrogens (tertiary/aromatic N) is 4. The van der Waals surface area contributed by atoms with E-state index in [4.69, 9.17) is 19.2 Å². The number of likely N-dealkylation sites (tertiary alicyclic amines) is 1. The van der Waals surface area contributed by atoms with Crippen molar-refractivity contribution >= 4 is 27.4 Å². The topological polar surface area (TPSA) is 64.8 Å². The molecule has 1 unspecified atom stereocenters. The van der Waals surface area contributed by atoms with Crippen LogP contribution in [0.25, 0.3) is 10.2 Å². The van der Waals surface area contributed by atoms with Gasteiger partial charge in [0, 0.05) is 44.1 Å². The van der Waals surface area contributed by atoms with E-state index in [9.17, 15) is 5.26 Å². The molecule has 1 atom stereocenters. The highest BCUT2D eigenvalue weighted by Crippen LogP contribution is 2.33. The van der Waals surface area contributed by atoms with Crippen molar-refractivity contribution in [2.24, 2.45) is 0 Å². The monoisotopic (exact) mass is 405 g/mol. The quantitative estimate of drug-likeness (QED) is 0.663. The van der Waals surface area contributed by atoms with E-state index in [0.29, 0.717) is 0 Å². The van der Waals surface area contributed by atoms with E-state index in [1.165, 1.54) is 32.0 Å². The predicted octanol–water partition coefficient (Wildman–Crippen LogP) is 4.76. The molecule has 0 saturated carbocycles. The summed E-state index contributed by atoms with van der Waals surface area (Å²) in [6.45, 7) is -6.44. The maximum atomic E-state index is 9.23. The summed E-state index contributed by atoms with van der Waals surface area (Å²) < 4.78 is 121. The fourth-order valence-electron chi connectivity index (χ4n) is 2.40. The molecule has 3 heterocycles. The lowest BCUT2D eigenvalue weighted by Gasteiger charge is -2.32. The van der Waals surface area contributed by atoms with Gasteiger partial charge in [-0.15, -0.1) is 11.3 Å². The van der Waals surface area contributed by atoms with Crippen LogP contribution in [0.3, 0.4) is 0 Å². The first kappa shape index (κ1) is 8.48. The van der Waals surface area contributed by atoms with Crippen molar-refractivity contribution in [2.45, 2.75) is 45.0 Å². The van der Waals surface area contributed by atoms with Crippen LogP contribution >= 0.6 is 11.3 Å². The minimum atomic E-state index is -3.79. The summed E-state index contributed by atoms with van der Waals surface area (Å²) in [5, 5.41) is 8.76. The molecular weight excluding hydrogens is 366 g/mol. The Bertz CT molecular complexity index is 1570. The molecular formula is C22H25N5S. The molecule has 2 aromatic heterocycles. The van der Waals surface area contributed by atoms with Crippen molar-refractivity contribution in [3.8, 4) is 6.07 Å². The van der Waals surface area contributed by atoms with Gasteiger partial charge in [-0.25, -0.2) is 9.97 Å². The predicted molar refractivity (Wildman–Crippen MR) is 115 cm³/mol. The molecule has 0 spiro atoms. The lowest BCUT2D eigenvalue weighted by molar-refractivity contribution is 0.211. The molecule has 144 valence electrons. The number of benzene rings is 1. The minimum absolute atomic E-state index is 0.00380. The Labute approximate surface area is 189 Å². The van der Waals surface area contributed by atoms with Crippen LogP contribution < -0.4 is 5.31 Å². The van der Waals surface area contributed by atoms with Crippen LogP contribution in [-0.4, -0.2) is 33.9 Å². The number of piperidine rings is 1. The van der Waals surface area contributed by atoms with Crippen molar-refractivity contribution < 1.29 is 19.2 Å². The van der Waals surface area contributed by atoms with Crippen LogP contribution in [0, 0.1) is 11.3 Å². The Kier molecular flexibility index (Phi) is 2.50. The van der Waals surface area contributed by atoms with Gasteiger partial charge in [0.25, 0.3) is 0 Å². The molecule has 1 N–H and O–H groups in total. The van der Waals surface area contributed by atoms with Gasteiger partial charge in [0.1, 0.15) is 18.3 Å². The van der Waals surface area contributed by atoms with E-state index in [2.05, 4.69) is 9.97 Å². The normalized spacial score (nSPS) is 32.9. The van der Waals surface area contributed by atoms with Gasteiger partial charge in [0.05, 0.1) is 19.8 Å². The van der Waals surface area contributed by atoms with Crippen LogP contribution in [0.15, 0.2) is 36.6 Å². The van der Waals surface area contributed by atoms with E-state index >= 15 is 0 Å². The molecule has 3 aromatic rings. The largest absolute Gasteiger partial charge is 0.367 e. The standard InChI is InChI=1S/C22H25N5S/c1-15(2)20-11-19-21(24-14-25-22(19)28-20)26-18-6-8-27(9-7-18)13-17-5-3-4-16(10-17)12-23/h3-5,10-11,14-15,18H,6-9,13H2,1-2H3,(H,24,25,26)/i6D2,7D2,8D2,9D2,11D,13D,14D,15D,18D/hD. The van der Waals surface area contributed by atoms with Crippen molar-refractivity contribution in [3.63, 3.8) is 0 Å². The second-order valence-electron chi connectivity index (χ2n) is 6.05. The summed E-state index contributed by atoms with van der Waals surface area (Å²) in [6.07, 6.45) is -8.33. The highest BCUT2D eigenvalue weighted by molar-refractivity contribution is 7.18. The lowest BCUT2D eigenvalue weighted by atomic mass is 10.0. The molecule has 1 aromatic carbocycles. The van der Waals surface area contributed by atoms with Crippen LogP contribution in [0.1, 0.15) is 66.3 Å². The van der Waals surface area contributed by atoms with Crippen LogP contribution in [0.4, 0.5) is 5.82 Å². The van der Waals surface area contributed by atoms with Crippen LogP contribution in [0.5, 0.6) is 0 Å². The fourth-order valence-corrected chi connectivity index (χ4v) is 3.28. The smallest absolute Gasteiger partial charge is 0.162 e. The number of thiophene rings is 1. The first-order chi connectivity index (χ1) is 19.0. The molecule has 1 aliphatic rings. The molecule has 1 fully saturated rings. The SMILES string of the molecule is [2H]c1nc(N([2H])C2([2H])C([2H])([2H])C([2H])([2H])N(C([2H])c3cccc(C#N)c3)C([2H])([2H])C2([2H])[2H])c2c([2H])c(C([2H])(C)C)sc2n1. The number of rotatable bonds is 5. The molecule has 0 bridgehead atoms. The molecule has 0 aliphatic carbocycles. The zero-order valence-corrected chi connectivity index (χ0v) is 15.8. The Morgan fingerprint density at radius 2 is 2.36 bits per heavy atom. The van der Waals surface area contributed by atoms with Crippen molar-refractivity contribution in [2.75, 3.05) is 18.3 Å². The van der Waals surface area contributed by atoms with E-state index in [1.54, 1.807) is 0 Å². The molecule has 6 heteroatoms. The number of hydrogen-bond acceptors (Lipinski definition) is 6. The highest BCUT2D eigenvalue weighted by atomic mass is 32.1. The number of fused-ring (bicyclic) bond motifs is 1. The molecule has 5 nitrogen and oxygen atoms in total. The number of nitriles is 1. The van der Waals surface area contributed by atoms with Gasteiger partial charge in [0.15, 0.2) is 1.41 Å². The summed E-state index contributed by atoms with van der Waals surface area (Å²) >= 11 is 0.817. The zero-order chi connectivity index (χ0) is 32.0. The van der Waals surface area contributed by atoms with E-state index in [1.807, 2.05) is 6.07 Å². The molecule has 4 rings (SSSR count). The van der Waals surface area contributed by atoms with Crippen molar-refractivity contribution in [3.05, 3.63) is 52.6 Å². The number of aromatic nitrogens is 2. The second kappa shape index (κ2) is 8.26. The Morgan fingerprint density at radius 1 is 1.54 bits per heavy atom. The third-order valence-electron chi connectivity index (χ3n) is 3.74. The molecule has 0 amide bonds. The summed E-state index contributed by atoms with van der Waals surface area (Å²) in [5.41, 5.74) is -0.107. The second-order valence-corrected chi connectivity index (χ2v) is 7.05. The summed E-state index contributed by atoms with van der Waals surface area (Å²) in [4.78, 5) is 7.71.